The maximum absolute atomic E-state index is 11.0. The zero-order chi connectivity index (χ0) is 13.1. The topological polar surface area (TPSA) is 83.2 Å². The molecule has 4 nitrogen and oxygen atoms in total. The standard InChI is InChI=1S/C12H11NO3S2/c13-12(14)11-5-10(6-17-11)9-3-1-8(2-4-9)7-18(15)16/h1-6H,7H2,(H2,13,14)(H,15,16)/p-1. The van der Waals surface area contributed by atoms with Crippen LogP contribution in [-0.4, -0.2) is 14.7 Å². The van der Waals surface area contributed by atoms with Gasteiger partial charge in [0.05, 0.1) is 4.88 Å². The fourth-order valence-corrected chi connectivity index (χ4v) is 2.78. The monoisotopic (exact) mass is 280 g/mol. The molecule has 0 bridgehead atoms. The summed E-state index contributed by atoms with van der Waals surface area (Å²) >= 11 is -0.785. The molecule has 0 saturated heterocycles. The summed E-state index contributed by atoms with van der Waals surface area (Å²) in [6, 6.07) is 8.90. The third kappa shape index (κ3) is 3.04. The summed E-state index contributed by atoms with van der Waals surface area (Å²) in [6.07, 6.45) is 0. The second kappa shape index (κ2) is 5.43. The Morgan fingerprint density at radius 1 is 1.28 bits per heavy atom. The van der Waals surface area contributed by atoms with Crippen molar-refractivity contribution < 1.29 is 13.6 Å². The van der Waals surface area contributed by atoms with Crippen molar-refractivity contribution in [3.63, 3.8) is 0 Å². The van der Waals surface area contributed by atoms with Crippen LogP contribution in [0.1, 0.15) is 15.2 Å². The van der Waals surface area contributed by atoms with Gasteiger partial charge in [-0.05, 0) is 28.1 Å². The third-order valence-corrected chi connectivity index (χ3v) is 3.93. The fraction of sp³-hybridized carbons (Fsp3) is 0.0833. The Kier molecular flexibility index (Phi) is 3.90. The van der Waals surface area contributed by atoms with E-state index >= 15 is 0 Å². The molecule has 0 radical (unpaired) electrons. The Morgan fingerprint density at radius 3 is 2.44 bits per heavy atom. The van der Waals surface area contributed by atoms with E-state index in [1.165, 1.54) is 11.3 Å². The van der Waals surface area contributed by atoms with Crippen molar-refractivity contribution in [2.24, 2.45) is 5.73 Å². The Labute approximate surface area is 111 Å². The normalized spacial score (nSPS) is 12.3. The second-order valence-corrected chi connectivity index (χ2v) is 5.52. The Bertz CT molecular complexity index is 590. The summed E-state index contributed by atoms with van der Waals surface area (Å²) in [6.45, 7) is 0. The second-order valence-electron chi connectivity index (χ2n) is 3.71. The molecule has 94 valence electrons. The van der Waals surface area contributed by atoms with Gasteiger partial charge in [0.1, 0.15) is 0 Å². The molecule has 6 heteroatoms. The lowest BCUT2D eigenvalue weighted by Crippen LogP contribution is -2.08. The number of primary amides is 1. The minimum atomic E-state index is -2.08. The lowest BCUT2D eigenvalue weighted by molar-refractivity contribution is 0.100. The van der Waals surface area contributed by atoms with Crippen LogP contribution in [0.5, 0.6) is 0 Å². The summed E-state index contributed by atoms with van der Waals surface area (Å²) < 4.78 is 21.1. The first-order valence-electron chi connectivity index (χ1n) is 5.10. The minimum absolute atomic E-state index is 0.0104. The summed E-state index contributed by atoms with van der Waals surface area (Å²) in [5.41, 5.74) is 7.76. The minimum Gasteiger partial charge on any atom is -0.772 e. The van der Waals surface area contributed by atoms with E-state index in [2.05, 4.69) is 0 Å². The molecule has 1 aromatic heterocycles. The van der Waals surface area contributed by atoms with E-state index in [1.54, 1.807) is 18.2 Å². The molecule has 0 spiro atoms. The van der Waals surface area contributed by atoms with Gasteiger partial charge in [-0.15, -0.1) is 11.3 Å². The highest BCUT2D eigenvalue weighted by atomic mass is 32.2. The number of carbonyl (C=O) groups is 1. The summed E-state index contributed by atoms with van der Waals surface area (Å²) in [4.78, 5) is 11.5. The maximum atomic E-state index is 11.0. The summed E-state index contributed by atoms with van der Waals surface area (Å²) in [7, 11) is 0. The Morgan fingerprint density at radius 2 is 1.94 bits per heavy atom. The molecule has 2 rings (SSSR count). The molecule has 0 aliphatic heterocycles. The van der Waals surface area contributed by atoms with Gasteiger partial charge in [-0.2, -0.15) is 0 Å². The predicted molar refractivity (Wildman–Crippen MR) is 70.9 cm³/mol. The molecule has 0 saturated carbocycles. The zero-order valence-electron chi connectivity index (χ0n) is 9.29. The smallest absolute Gasteiger partial charge is 0.258 e. The van der Waals surface area contributed by atoms with E-state index in [9.17, 15) is 13.6 Å². The van der Waals surface area contributed by atoms with Gasteiger partial charge in [0, 0.05) is 5.75 Å². The quantitative estimate of drug-likeness (QED) is 0.868. The number of carbonyl (C=O) groups excluding carboxylic acids is 1. The lowest BCUT2D eigenvalue weighted by atomic mass is 10.1. The SMILES string of the molecule is NC(=O)c1cc(-c2ccc(CS(=O)[O-])cc2)cs1. The van der Waals surface area contributed by atoms with Crippen molar-refractivity contribution in [1.82, 2.24) is 0 Å². The van der Waals surface area contributed by atoms with Crippen molar-refractivity contribution in [3.05, 3.63) is 46.2 Å². The maximum Gasteiger partial charge on any atom is 0.258 e. The van der Waals surface area contributed by atoms with Crippen LogP contribution in [-0.2, 0) is 16.8 Å². The van der Waals surface area contributed by atoms with Crippen molar-refractivity contribution in [3.8, 4) is 11.1 Å². The summed E-state index contributed by atoms with van der Waals surface area (Å²) in [5, 5.41) is 1.85. The number of hydrogen-bond donors (Lipinski definition) is 1. The molecule has 1 aromatic carbocycles. The van der Waals surface area contributed by atoms with Crippen LogP contribution in [0.3, 0.4) is 0 Å². The molecule has 1 amide bonds. The van der Waals surface area contributed by atoms with Crippen LogP contribution in [0.4, 0.5) is 0 Å². The zero-order valence-corrected chi connectivity index (χ0v) is 10.9. The van der Waals surface area contributed by atoms with E-state index in [0.717, 1.165) is 16.7 Å². The molecular weight excluding hydrogens is 270 g/mol. The molecule has 1 atom stereocenters. The molecule has 1 unspecified atom stereocenters. The molecule has 0 fully saturated rings. The van der Waals surface area contributed by atoms with Gasteiger partial charge in [0.15, 0.2) is 0 Å². The Balaban J connectivity index is 2.22. The van der Waals surface area contributed by atoms with Crippen LogP contribution in [0, 0.1) is 0 Å². The van der Waals surface area contributed by atoms with Gasteiger partial charge in [-0.25, -0.2) is 0 Å². The van der Waals surface area contributed by atoms with Crippen molar-refractivity contribution >= 4 is 28.3 Å². The van der Waals surface area contributed by atoms with Crippen LogP contribution < -0.4 is 5.73 Å². The molecule has 1 heterocycles. The average molecular weight is 280 g/mol. The first-order valence-corrected chi connectivity index (χ1v) is 7.22. The van der Waals surface area contributed by atoms with Gasteiger partial charge >= 0.3 is 0 Å². The van der Waals surface area contributed by atoms with E-state index in [-0.39, 0.29) is 5.75 Å². The highest BCUT2D eigenvalue weighted by Crippen LogP contribution is 2.25. The van der Waals surface area contributed by atoms with E-state index in [0.29, 0.717) is 4.88 Å². The molecule has 18 heavy (non-hydrogen) atoms. The Hall–Kier alpha value is -1.50. The number of amides is 1. The lowest BCUT2D eigenvalue weighted by Gasteiger charge is -2.05. The molecule has 0 aliphatic carbocycles. The fourth-order valence-electron chi connectivity index (χ4n) is 1.55. The van der Waals surface area contributed by atoms with Gasteiger partial charge in [0.2, 0.25) is 0 Å². The first kappa shape index (κ1) is 12.9. The molecule has 2 N–H and O–H groups in total. The third-order valence-electron chi connectivity index (χ3n) is 2.41. The van der Waals surface area contributed by atoms with Crippen LogP contribution in [0.25, 0.3) is 11.1 Å². The predicted octanol–water partition coefficient (Wildman–Crippen LogP) is 1.89. The van der Waals surface area contributed by atoms with Gasteiger partial charge in [-0.3, -0.25) is 9.00 Å². The number of thiophene rings is 1. The van der Waals surface area contributed by atoms with Gasteiger partial charge in [0.25, 0.3) is 5.91 Å². The highest BCUT2D eigenvalue weighted by Gasteiger charge is 2.06. The van der Waals surface area contributed by atoms with Crippen molar-refractivity contribution in [2.75, 3.05) is 0 Å². The van der Waals surface area contributed by atoms with Crippen LogP contribution >= 0.6 is 11.3 Å². The molecule has 0 aliphatic rings. The van der Waals surface area contributed by atoms with Gasteiger partial charge in [-0.1, -0.05) is 35.3 Å². The van der Waals surface area contributed by atoms with Crippen molar-refractivity contribution in [1.29, 1.82) is 0 Å². The molecular formula is C12H10NO3S2-. The van der Waals surface area contributed by atoms with E-state index < -0.39 is 17.0 Å². The number of benzene rings is 1. The van der Waals surface area contributed by atoms with Crippen molar-refractivity contribution in [2.45, 2.75) is 5.75 Å². The van der Waals surface area contributed by atoms with E-state index in [4.69, 9.17) is 5.73 Å². The number of nitrogens with two attached hydrogens (primary N) is 1. The van der Waals surface area contributed by atoms with E-state index in [1.807, 2.05) is 17.5 Å². The largest absolute Gasteiger partial charge is 0.772 e. The summed E-state index contributed by atoms with van der Waals surface area (Å²) in [5.74, 6) is -0.430. The molecule has 2 aromatic rings. The number of rotatable bonds is 4. The average Bonchev–Trinajstić information content (AvgIpc) is 2.78. The first-order chi connectivity index (χ1) is 8.56. The van der Waals surface area contributed by atoms with Gasteiger partial charge < -0.3 is 10.3 Å². The number of hydrogen-bond acceptors (Lipinski definition) is 4. The van der Waals surface area contributed by atoms with Crippen LogP contribution in [0.2, 0.25) is 0 Å². The van der Waals surface area contributed by atoms with Crippen LogP contribution in [0.15, 0.2) is 35.7 Å². The highest BCUT2D eigenvalue weighted by molar-refractivity contribution is 7.78.